The van der Waals surface area contributed by atoms with Crippen LogP contribution in [0.15, 0.2) is 66.9 Å². The second-order valence-electron chi connectivity index (χ2n) is 6.55. The van der Waals surface area contributed by atoms with Crippen LogP contribution in [0.5, 0.6) is 0 Å². The first-order valence-electron chi connectivity index (χ1n) is 9.55. The summed E-state index contributed by atoms with van der Waals surface area (Å²) in [6, 6.07) is 19.3. The van der Waals surface area contributed by atoms with E-state index in [4.69, 9.17) is 0 Å². The van der Waals surface area contributed by atoms with Gasteiger partial charge in [0.05, 0.1) is 0 Å². The Morgan fingerprint density at radius 1 is 1.00 bits per heavy atom. The maximum absolute atomic E-state index is 12.7. The van der Waals surface area contributed by atoms with Gasteiger partial charge < -0.3 is 15.5 Å². The zero-order chi connectivity index (χ0) is 19.9. The Balaban J connectivity index is 1.73. The number of hydrogen-bond acceptors (Lipinski definition) is 4. The summed E-state index contributed by atoms with van der Waals surface area (Å²) in [5.41, 5.74) is 4.50. The van der Waals surface area contributed by atoms with Crippen molar-refractivity contribution in [2.75, 3.05) is 28.6 Å². The lowest BCUT2D eigenvalue weighted by Crippen LogP contribution is -2.22. The predicted octanol–water partition coefficient (Wildman–Crippen LogP) is 5.23. The van der Waals surface area contributed by atoms with Crippen molar-refractivity contribution in [1.29, 1.82) is 0 Å². The molecule has 1 aromatic heterocycles. The van der Waals surface area contributed by atoms with Crippen LogP contribution in [0.3, 0.4) is 0 Å². The predicted molar refractivity (Wildman–Crippen MR) is 117 cm³/mol. The van der Waals surface area contributed by atoms with Gasteiger partial charge in [-0.05, 0) is 68.8 Å². The van der Waals surface area contributed by atoms with Crippen LogP contribution in [-0.2, 0) is 0 Å². The minimum atomic E-state index is -0.155. The zero-order valence-corrected chi connectivity index (χ0v) is 16.6. The van der Waals surface area contributed by atoms with Crippen molar-refractivity contribution in [2.24, 2.45) is 0 Å². The lowest BCUT2D eigenvalue weighted by Gasteiger charge is -2.22. The van der Waals surface area contributed by atoms with E-state index in [1.165, 1.54) is 5.69 Å². The topological polar surface area (TPSA) is 57.3 Å². The third-order valence-electron chi connectivity index (χ3n) is 4.66. The van der Waals surface area contributed by atoms with E-state index in [9.17, 15) is 4.79 Å². The smallest absolute Gasteiger partial charge is 0.255 e. The van der Waals surface area contributed by atoms with Gasteiger partial charge in [0.25, 0.3) is 5.91 Å². The van der Waals surface area contributed by atoms with Gasteiger partial charge in [-0.15, -0.1) is 0 Å². The second kappa shape index (κ2) is 9.04. The molecule has 3 aromatic rings. The van der Waals surface area contributed by atoms with Crippen LogP contribution >= 0.6 is 0 Å². The van der Waals surface area contributed by atoms with Crippen molar-refractivity contribution in [1.82, 2.24) is 4.98 Å². The molecular weight excluding hydrogens is 348 g/mol. The second-order valence-corrected chi connectivity index (χ2v) is 6.55. The molecule has 0 spiro atoms. The number of benzene rings is 2. The molecule has 0 aliphatic heterocycles. The van der Waals surface area contributed by atoms with Crippen LogP contribution in [0.2, 0.25) is 0 Å². The molecular formula is C23H26N4O. The Kier molecular flexibility index (Phi) is 6.27. The number of pyridine rings is 1. The molecule has 2 N–H and O–H groups in total. The van der Waals surface area contributed by atoms with Gasteiger partial charge in [0.1, 0.15) is 5.82 Å². The van der Waals surface area contributed by atoms with E-state index in [1.54, 1.807) is 18.3 Å². The van der Waals surface area contributed by atoms with Crippen molar-refractivity contribution in [3.05, 3.63) is 78.0 Å². The summed E-state index contributed by atoms with van der Waals surface area (Å²) < 4.78 is 0. The molecule has 0 aliphatic rings. The number of aryl methyl sites for hydroxylation is 1. The van der Waals surface area contributed by atoms with E-state index in [1.807, 2.05) is 49.4 Å². The van der Waals surface area contributed by atoms with Gasteiger partial charge in [0.15, 0.2) is 0 Å². The number of carbonyl (C=O) groups excluding carboxylic acids is 1. The van der Waals surface area contributed by atoms with Crippen LogP contribution in [-0.4, -0.2) is 24.0 Å². The van der Waals surface area contributed by atoms with Gasteiger partial charge in [0.2, 0.25) is 0 Å². The fourth-order valence-electron chi connectivity index (χ4n) is 3.08. The first kappa shape index (κ1) is 19.4. The minimum absolute atomic E-state index is 0.155. The maximum atomic E-state index is 12.7. The van der Waals surface area contributed by atoms with Crippen LogP contribution in [0.4, 0.5) is 22.9 Å². The Morgan fingerprint density at radius 3 is 2.43 bits per heavy atom. The highest BCUT2D eigenvalue weighted by molar-refractivity contribution is 6.05. The summed E-state index contributed by atoms with van der Waals surface area (Å²) in [5.74, 6) is 0.477. The number of rotatable bonds is 7. The average Bonchev–Trinajstić information content (AvgIpc) is 2.72. The van der Waals surface area contributed by atoms with Gasteiger partial charge in [0, 0.05) is 41.9 Å². The molecule has 3 rings (SSSR count). The molecule has 1 heterocycles. The Bertz CT molecular complexity index is 936. The molecule has 144 valence electrons. The molecule has 2 aromatic carbocycles. The third-order valence-corrected chi connectivity index (χ3v) is 4.66. The zero-order valence-electron chi connectivity index (χ0n) is 16.6. The molecule has 0 fully saturated rings. The quantitative estimate of drug-likeness (QED) is 0.594. The number of para-hydroxylation sites is 1. The normalized spacial score (nSPS) is 10.4. The number of aromatic nitrogens is 1. The molecule has 1 amide bonds. The minimum Gasteiger partial charge on any atom is -0.372 e. The van der Waals surface area contributed by atoms with Crippen molar-refractivity contribution in [3.8, 4) is 0 Å². The maximum Gasteiger partial charge on any atom is 0.255 e. The van der Waals surface area contributed by atoms with Crippen molar-refractivity contribution in [3.63, 3.8) is 0 Å². The highest BCUT2D eigenvalue weighted by Gasteiger charge is 2.11. The molecule has 5 heteroatoms. The van der Waals surface area contributed by atoms with Crippen LogP contribution in [0.25, 0.3) is 0 Å². The van der Waals surface area contributed by atoms with Crippen LogP contribution < -0.4 is 15.5 Å². The van der Waals surface area contributed by atoms with E-state index in [-0.39, 0.29) is 5.91 Å². The summed E-state index contributed by atoms with van der Waals surface area (Å²) in [7, 11) is 0. The van der Waals surface area contributed by atoms with Crippen molar-refractivity contribution in [2.45, 2.75) is 20.8 Å². The Labute approximate surface area is 166 Å². The van der Waals surface area contributed by atoms with Gasteiger partial charge in [-0.2, -0.15) is 0 Å². The molecule has 0 bridgehead atoms. The van der Waals surface area contributed by atoms with E-state index < -0.39 is 0 Å². The number of amides is 1. The monoisotopic (exact) mass is 374 g/mol. The molecule has 28 heavy (non-hydrogen) atoms. The van der Waals surface area contributed by atoms with E-state index >= 15 is 0 Å². The van der Waals surface area contributed by atoms with E-state index in [0.29, 0.717) is 11.4 Å². The van der Waals surface area contributed by atoms with Crippen molar-refractivity contribution < 1.29 is 4.79 Å². The number of nitrogens with one attached hydrogen (secondary N) is 2. The molecule has 5 nitrogen and oxygen atoms in total. The van der Waals surface area contributed by atoms with E-state index in [2.05, 4.69) is 40.4 Å². The van der Waals surface area contributed by atoms with Crippen molar-refractivity contribution >= 4 is 28.8 Å². The summed E-state index contributed by atoms with van der Waals surface area (Å²) in [6.07, 6.45) is 1.64. The molecule has 0 aliphatic carbocycles. The van der Waals surface area contributed by atoms with Gasteiger partial charge in [-0.1, -0.05) is 18.2 Å². The SMILES string of the molecule is CCN(CC)c1ccc(NC(=O)c2ccnc(Nc3ccccc3)c2)c(C)c1. The van der Waals surface area contributed by atoms with E-state index in [0.717, 1.165) is 30.0 Å². The molecule has 0 unspecified atom stereocenters. The first-order chi connectivity index (χ1) is 13.6. The summed E-state index contributed by atoms with van der Waals surface area (Å²) in [5, 5.41) is 6.22. The standard InChI is InChI=1S/C23H26N4O/c1-4-27(5-2)20-11-12-21(17(3)15-20)26-23(28)18-13-14-24-22(16-18)25-19-9-7-6-8-10-19/h6-16H,4-5H2,1-3H3,(H,24,25)(H,26,28). The molecule has 0 radical (unpaired) electrons. The molecule has 0 atom stereocenters. The number of anilines is 4. The van der Waals surface area contributed by atoms with Crippen LogP contribution in [0, 0.1) is 6.92 Å². The Morgan fingerprint density at radius 2 is 1.75 bits per heavy atom. The number of nitrogens with zero attached hydrogens (tertiary/aromatic N) is 2. The molecule has 0 saturated carbocycles. The van der Waals surface area contributed by atoms with Gasteiger partial charge >= 0.3 is 0 Å². The first-order valence-corrected chi connectivity index (χ1v) is 9.55. The third kappa shape index (κ3) is 4.68. The van der Waals surface area contributed by atoms with Crippen LogP contribution in [0.1, 0.15) is 29.8 Å². The largest absolute Gasteiger partial charge is 0.372 e. The molecule has 0 saturated heterocycles. The highest BCUT2D eigenvalue weighted by atomic mass is 16.1. The summed E-state index contributed by atoms with van der Waals surface area (Å²) in [4.78, 5) is 19.3. The lowest BCUT2D eigenvalue weighted by atomic mass is 10.1. The number of hydrogen-bond donors (Lipinski definition) is 2. The highest BCUT2D eigenvalue weighted by Crippen LogP contribution is 2.23. The Hall–Kier alpha value is -3.34. The summed E-state index contributed by atoms with van der Waals surface area (Å²) in [6.45, 7) is 8.20. The van der Waals surface area contributed by atoms with Gasteiger partial charge in [-0.3, -0.25) is 4.79 Å². The summed E-state index contributed by atoms with van der Waals surface area (Å²) >= 11 is 0. The fourth-order valence-corrected chi connectivity index (χ4v) is 3.08. The average molecular weight is 374 g/mol. The number of carbonyl (C=O) groups is 1. The fraction of sp³-hybridized carbons (Fsp3) is 0.217. The van der Waals surface area contributed by atoms with Gasteiger partial charge in [-0.25, -0.2) is 4.98 Å². The lowest BCUT2D eigenvalue weighted by molar-refractivity contribution is 0.102.